The summed E-state index contributed by atoms with van der Waals surface area (Å²) in [5, 5.41) is 6.00. The first kappa shape index (κ1) is 19.8. The molecule has 3 rings (SSSR count). The molecule has 1 amide bonds. The fourth-order valence-corrected chi connectivity index (χ4v) is 2.56. The summed E-state index contributed by atoms with van der Waals surface area (Å²) in [4.78, 5) is 12.5. The van der Waals surface area contributed by atoms with E-state index in [1.165, 1.54) is 0 Å². The molecule has 0 aliphatic heterocycles. The van der Waals surface area contributed by atoms with Crippen LogP contribution in [-0.4, -0.2) is 11.1 Å². The predicted octanol–water partition coefficient (Wildman–Crippen LogP) is 5.49. The fourth-order valence-electron chi connectivity index (χ4n) is 2.39. The topological polar surface area (TPSA) is 64.4 Å². The SMILES string of the molecule is Cc1onc(C(=O)Nc2cc(C(F)(F)F)ccc2Cl)c1COc1ccccc1. The van der Waals surface area contributed by atoms with Crippen LogP contribution in [0.2, 0.25) is 5.02 Å². The Balaban J connectivity index is 1.80. The largest absolute Gasteiger partial charge is 0.489 e. The molecule has 28 heavy (non-hydrogen) atoms. The van der Waals surface area contributed by atoms with Crippen LogP contribution in [0.1, 0.15) is 27.4 Å². The zero-order chi connectivity index (χ0) is 20.3. The highest BCUT2D eigenvalue weighted by Crippen LogP contribution is 2.34. The highest BCUT2D eigenvalue weighted by Gasteiger charge is 2.31. The Hall–Kier alpha value is -3.00. The summed E-state index contributed by atoms with van der Waals surface area (Å²) in [5.74, 6) is 0.177. The smallest absolute Gasteiger partial charge is 0.416 e. The van der Waals surface area contributed by atoms with E-state index in [-0.39, 0.29) is 23.0 Å². The first-order valence-corrected chi connectivity index (χ1v) is 8.44. The lowest BCUT2D eigenvalue weighted by Gasteiger charge is -2.11. The van der Waals surface area contributed by atoms with Gasteiger partial charge in [0.05, 0.1) is 21.8 Å². The normalized spacial score (nSPS) is 11.3. The summed E-state index contributed by atoms with van der Waals surface area (Å²) in [7, 11) is 0. The number of anilines is 1. The van der Waals surface area contributed by atoms with Crippen molar-refractivity contribution in [2.75, 3.05) is 5.32 Å². The lowest BCUT2D eigenvalue weighted by atomic mass is 10.1. The van der Waals surface area contributed by atoms with Gasteiger partial charge >= 0.3 is 6.18 Å². The molecular weight excluding hydrogens is 397 g/mol. The molecule has 0 fully saturated rings. The summed E-state index contributed by atoms with van der Waals surface area (Å²) in [6.45, 7) is 1.60. The molecule has 0 unspecified atom stereocenters. The lowest BCUT2D eigenvalue weighted by molar-refractivity contribution is -0.137. The molecule has 0 saturated carbocycles. The van der Waals surface area contributed by atoms with Crippen LogP contribution in [0.4, 0.5) is 18.9 Å². The van der Waals surface area contributed by atoms with E-state index in [4.69, 9.17) is 20.9 Å². The Morgan fingerprint density at radius 1 is 1.21 bits per heavy atom. The highest BCUT2D eigenvalue weighted by molar-refractivity contribution is 6.34. The van der Waals surface area contributed by atoms with E-state index >= 15 is 0 Å². The average molecular weight is 411 g/mol. The van der Waals surface area contributed by atoms with Gasteiger partial charge in [0.15, 0.2) is 5.69 Å². The number of alkyl halides is 3. The highest BCUT2D eigenvalue weighted by atomic mass is 35.5. The zero-order valence-electron chi connectivity index (χ0n) is 14.5. The minimum atomic E-state index is -4.57. The molecule has 0 atom stereocenters. The first-order valence-electron chi connectivity index (χ1n) is 8.07. The van der Waals surface area contributed by atoms with Gasteiger partial charge in [0.25, 0.3) is 5.91 Å². The Kier molecular flexibility index (Phi) is 5.60. The van der Waals surface area contributed by atoms with Gasteiger partial charge in [-0.15, -0.1) is 0 Å². The quantitative estimate of drug-likeness (QED) is 0.604. The third-order valence-electron chi connectivity index (χ3n) is 3.87. The van der Waals surface area contributed by atoms with Gasteiger partial charge in [-0.05, 0) is 37.3 Å². The number of carbonyl (C=O) groups excluding carboxylic acids is 1. The number of aromatic nitrogens is 1. The molecule has 2 aromatic carbocycles. The molecule has 1 N–H and O–H groups in total. The van der Waals surface area contributed by atoms with E-state index in [1.54, 1.807) is 31.2 Å². The number of hydrogen-bond donors (Lipinski definition) is 1. The summed E-state index contributed by atoms with van der Waals surface area (Å²) in [5.41, 5.74) is -0.834. The number of para-hydroxylation sites is 1. The molecule has 1 heterocycles. The van der Waals surface area contributed by atoms with Crippen molar-refractivity contribution in [1.82, 2.24) is 5.16 Å². The van der Waals surface area contributed by atoms with Crippen LogP contribution < -0.4 is 10.1 Å². The number of rotatable bonds is 5. The maximum absolute atomic E-state index is 12.9. The van der Waals surface area contributed by atoms with Crippen molar-refractivity contribution in [3.63, 3.8) is 0 Å². The molecule has 146 valence electrons. The second-order valence-electron chi connectivity index (χ2n) is 5.81. The summed E-state index contributed by atoms with van der Waals surface area (Å²) in [6, 6.07) is 11.5. The third kappa shape index (κ3) is 4.45. The predicted molar refractivity (Wildman–Crippen MR) is 96.4 cm³/mol. The maximum Gasteiger partial charge on any atom is 0.416 e. The number of carbonyl (C=O) groups is 1. The third-order valence-corrected chi connectivity index (χ3v) is 4.20. The van der Waals surface area contributed by atoms with Gasteiger partial charge in [0.1, 0.15) is 18.1 Å². The van der Waals surface area contributed by atoms with Gasteiger partial charge in [-0.2, -0.15) is 13.2 Å². The van der Waals surface area contributed by atoms with Crippen molar-refractivity contribution in [2.24, 2.45) is 0 Å². The maximum atomic E-state index is 12.9. The molecule has 0 radical (unpaired) electrons. The monoisotopic (exact) mass is 410 g/mol. The van der Waals surface area contributed by atoms with Crippen molar-refractivity contribution >= 4 is 23.2 Å². The Labute approximate surface area is 163 Å². The van der Waals surface area contributed by atoms with Gasteiger partial charge in [-0.3, -0.25) is 4.79 Å². The number of ether oxygens (including phenoxy) is 1. The molecule has 0 spiro atoms. The summed E-state index contributed by atoms with van der Waals surface area (Å²) >= 11 is 5.91. The van der Waals surface area contributed by atoms with Gasteiger partial charge in [0.2, 0.25) is 0 Å². The van der Waals surface area contributed by atoms with E-state index in [0.29, 0.717) is 17.1 Å². The van der Waals surface area contributed by atoms with Gasteiger partial charge in [0, 0.05) is 0 Å². The van der Waals surface area contributed by atoms with Crippen LogP contribution in [0, 0.1) is 6.92 Å². The first-order chi connectivity index (χ1) is 13.3. The summed E-state index contributed by atoms with van der Waals surface area (Å²) in [6.07, 6.45) is -4.57. The van der Waals surface area contributed by atoms with Gasteiger partial charge < -0.3 is 14.6 Å². The Morgan fingerprint density at radius 3 is 2.61 bits per heavy atom. The molecule has 1 aromatic heterocycles. The van der Waals surface area contributed by atoms with Crippen molar-refractivity contribution in [1.29, 1.82) is 0 Å². The van der Waals surface area contributed by atoms with Crippen LogP contribution in [0.3, 0.4) is 0 Å². The van der Waals surface area contributed by atoms with E-state index in [9.17, 15) is 18.0 Å². The van der Waals surface area contributed by atoms with Gasteiger partial charge in [-0.1, -0.05) is 35.0 Å². The molecule has 0 saturated heterocycles. The second-order valence-corrected chi connectivity index (χ2v) is 6.22. The van der Waals surface area contributed by atoms with Crippen molar-refractivity contribution in [2.45, 2.75) is 19.7 Å². The Morgan fingerprint density at radius 2 is 1.93 bits per heavy atom. The van der Waals surface area contributed by atoms with Crippen LogP contribution in [0.5, 0.6) is 5.75 Å². The van der Waals surface area contributed by atoms with Crippen LogP contribution >= 0.6 is 11.6 Å². The van der Waals surface area contributed by atoms with Gasteiger partial charge in [-0.25, -0.2) is 0 Å². The Bertz CT molecular complexity index is 988. The van der Waals surface area contributed by atoms with Crippen molar-refractivity contribution in [3.05, 3.63) is 76.1 Å². The molecule has 5 nitrogen and oxygen atoms in total. The molecular formula is C19H14ClF3N2O3. The standard InChI is InChI=1S/C19H14ClF3N2O3/c1-11-14(10-27-13-5-3-2-4-6-13)17(25-28-11)18(26)24-16-9-12(19(21,22)23)7-8-15(16)20/h2-9H,10H2,1H3,(H,24,26). The number of hydrogen-bond acceptors (Lipinski definition) is 4. The fraction of sp³-hybridized carbons (Fsp3) is 0.158. The number of halogens is 4. The number of nitrogens with zero attached hydrogens (tertiary/aromatic N) is 1. The second kappa shape index (κ2) is 7.93. The number of nitrogens with one attached hydrogen (secondary N) is 1. The van der Waals surface area contributed by atoms with Crippen LogP contribution in [0.15, 0.2) is 53.1 Å². The number of benzene rings is 2. The van der Waals surface area contributed by atoms with E-state index < -0.39 is 17.6 Å². The van der Waals surface area contributed by atoms with Crippen molar-refractivity contribution in [3.8, 4) is 5.75 Å². The lowest BCUT2D eigenvalue weighted by Crippen LogP contribution is -2.16. The van der Waals surface area contributed by atoms with Crippen LogP contribution in [0.25, 0.3) is 0 Å². The number of aryl methyl sites for hydroxylation is 1. The van der Waals surface area contributed by atoms with Crippen molar-refractivity contribution < 1.29 is 27.2 Å². The average Bonchev–Trinajstić information content (AvgIpc) is 3.02. The van der Waals surface area contributed by atoms with E-state index in [0.717, 1.165) is 18.2 Å². The number of amides is 1. The molecule has 0 bridgehead atoms. The van der Waals surface area contributed by atoms with E-state index in [1.807, 2.05) is 6.07 Å². The molecule has 9 heteroatoms. The minimum Gasteiger partial charge on any atom is -0.489 e. The van der Waals surface area contributed by atoms with E-state index in [2.05, 4.69) is 10.5 Å². The zero-order valence-corrected chi connectivity index (χ0v) is 15.3. The minimum absolute atomic E-state index is 0.00156. The van der Waals surface area contributed by atoms with Crippen LogP contribution in [-0.2, 0) is 12.8 Å². The molecule has 3 aromatic rings. The molecule has 0 aliphatic carbocycles. The summed E-state index contributed by atoms with van der Waals surface area (Å²) < 4.78 is 49.3. The molecule has 0 aliphatic rings.